The fraction of sp³-hybridized carbons (Fsp3) is 0.833. The number of aliphatic carboxylic acids is 1. The summed E-state index contributed by atoms with van der Waals surface area (Å²) in [6.45, 7) is 7.74. The lowest BCUT2D eigenvalue weighted by Gasteiger charge is -2.23. The number of hydrogen-bond donors (Lipinski definition) is 2. The van der Waals surface area contributed by atoms with Crippen LogP contribution < -0.4 is 5.32 Å². The Morgan fingerprint density at radius 3 is 2.11 bits per heavy atom. The summed E-state index contributed by atoms with van der Waals surface area (Å²) < 4.78 is 18.2. The Balaban J connectivity index is 4.37. The molecule has 0 fully saturated rings. The van der Waals surface area contributed by atoms with Crippen molar-refractivity contribution >= 4 is 12.1 Å². The number of alkyl halides is 1. The Bertz CT molecular complexity index is 304. The maximum absolute atomic E-state index is 13.3. The third-order valence-corrected chi connectivity index (χ3v) is 2.02. The van der Waals surface area contributed by atoms with Gasteiger partial charge in [0.2, 0.25) is 0 Å². The van der Waals surface area contributed by atoms with E-state index in [9.17, 15) is 14.0 Å². The smallest absolute Gasteiger partial charge is 0.408 e. The molecule has 106 valence electrons. The summed E-state index contributed by atoms with van der Waals surface area (Å²) in [5, 5.41) is 11.1. The van der Waals surface area contributed by atoms with E-state index in [0.717, 1.165) is 0 Å². The SMILES string of the molecule is CC(C)(F)CC[C@H](NC(=O)OC(C)(C)C)C(=O)O. The average Bonchev–Trinajstić information content (AvgIpc) is 2.06. The van der Waals surface area contributed by atoms with Crippen LogP contribution in [0.3, 0.4) is 0 Å². The molecule has 0 aliphatic carbocycles. The fourth-order valence-electron chi connectivity index (χ4n) is 1.19. The van der Waals surface area contributed by atoms with Crippen molar-refractivity contribution < 1.29 is 23.8 Å². The molecule has 2 N–H and O–H groups in total. The van der Waals surface area contributed by atoms with E-state index >= 15 is 0 Å². The molecule has 0 saturated heterocycles. The molecule has 18 heavy (non-hydrogen) atoms. The number of ether oxygens (including phenoxy) is 1. The van der Waals surface area contributed by atoms with Crippen LogP contribution in [0.4, 0.5) is 9.18 Å². The largest absolute Gasteiger partial charge is 0.480 e. The van der Waals surface area contributed by atoms with Crippen molar-refractivity contribution in [1.82, 2.24) is 5.32 Å². The van der Waals surface area contributed by atoms with E-state index in [1.165, 1.54) is 13.8 Å². The maximum Gasteiger partial charge on any atom is 0.408 e. The van der Waals surface area contributed by atoms with Crippen molar-refractivity contribution in [1.29, 1.82) is 0 Å². The molecule has 6 heteroatoms. The average molecular weight is 263 g/mol. The molecule has 0 rings (SSSR count). The number of amides is 1. The van der Waals surface area contributed by atoms with Gasteiger partial charge < -0.3 is 15.2 Å². The van der Waals surface area contributed by atoms with Gasteiger partial charge in [-0.3, -0.25) is 0 Å². The zero-order valence-corrected chi connectivity index (χ0v) is 11.5. The summed E-state index contributed by atoms with van der Waals surface area (Å²) in [5.41, 5.74) is -2.17. The van der Waals surface area contributed by atoms with E-state index in [2.05, 4.69) is 5.32 Å². The normalized spacial score (nSPS) is 13.9. The summed E-state index contributed by atoms with van der Waals surface area (Å²) in [6, 6.07) is -1.14. The van der Waals surface area contributed by atoms with Gasteiger partial charge in [-0.05, 0) is 47.5 Å². The lowest BCUT2D eigenvalue weighted by atomic mass is 10.0. The summed E-state index contributed by atoms with van der Waals surface area (Å²) >= 11 is 0. The topological polar surface area (TPSA) is 75.6 Å². The minimum Gasteiger partial charge on any atom is -0.480 e. The predicted octanol–water partition coefficient (Wildman–Crippen LogP) is 2.49. The molecule has 0 spiro atoms. The maximum atomic E-state index is 13.3. The first-order valence-corrected chi connectivity index (χ1v) is 5.82. The molecule has 0 unspecified atom stereocenters. The number of alkyl carbamates (subject to hydrolysis) is 1. The lowest BCUT2D eigenvalue weighted by molar-refractivity contribution is -0.139. The summed E-state index contributed by atoms with van der Waals surface area (Å²) in [4.78, 5) is 22.3. The molecular weight excluding hydrogens is 241 g/mol. The molecule has 5 nitrogen and oxygen atoms in total. The van der Waals surface area contributed by atoms with Gasteiger partial charge in [-0.25, -0.2) is 14.0 Å². The number of halogens is 1. The first kappa shape index (κ1) is 16.7. The summed E-state index contributed by atoms with van der Waals surface area (Å²) in [7, 11) is 0. The van der Waals surface area contributed by atoms with Crippen molar-refractivity contribution in [2.24, 2.45) is 0 Å². The van der Waals surface area contributed by atoms with Gasteiger partial charge in [0.1, 0.15) is 17.3 Å². The Morgan fingerprint density at radius 1 is 1.28 bits per heavy atom. The molecular formula is C12H22FNO4. The Hall–Kier alpha value is -1.33. The number of carboxylic acid groups (broad SMARTS) is 1. The van der Waals surface area contributed by atoms with Crippen LogP contribution in [0.25, 0.3) is 0 Å². The van der Waals surface area contributed by atoms with Gasteiger partial charge in [-0.1, -0.05) is 0 Å². The number of carbonyl (C=O) groups excluding carboxylic acids is 1. The van der Waals surface area contributed by atoms with Crippen LogP contribution in [0.5, 0.6) is 0 Å². The third-order valence-electron chi connectivity index (χ3n) is 2.02. The molecule has 0 aromatic rings. The number of carboxylic acids is 1. The van der Waals surface area contributed by atoms with Crippen LogP contribution in [-0.4, -0.2) is 34.5 Å². The fourth-order valence-corrected chi connectivity index (χ4v) is 1.19. The molecule has 0 aromatic heterocycles. The van der Waals surface area contributed by atoms with Crippen LogP contribution in [0, 0.1) is 0 Å². The second kappa shape index (κ2) is 6.02. The monoisotopic (exact) mass is 263 g/mol. The van der Waals surface area contributed by atoms with Crippen molar-refractivity contribution in [3.05, 3.63) is 0 Å². The van der Waals surface area contributed by atoms with Crippen LogP contribution in [0.2, 0.25) is 0 Å². The summed E-state index contributed by atoms with van der Waals surface area (Å²) in [5.74, 6) is -1.20. The van der Waals surface area contributed by atoms with Crippen LogP contribution >= 0.6 is 0 Å². The number of hydrogen-bond acceptors (Lipinski definition) is 3. The van der Waals surface area contributed by atoms with E-state index < -0.39 is 29.4 Å². The van der Waals surface area contributed by atoms with E-state index in [4.69, 9.17) is 9.84 Å². The summed E-state index contributed by atoms with van der Waals surface area (Å²) in [6.07, 6.45) is -0.760. The van der Waals surface area contributed by atoms with Crippen molar-refractivity contribution in [3.63, 3.8) is 0 Å². The van der Waals surface area contributed by atoms with E-state index in [1.54, 1.807) is 20.8 Å². The van der Waals surface area contributed by atoms with Crippen molar-refractivity contribution in [2.45, 2.75) is 64.8 Å². The van der Waals surface area contributed by atoms with Gasteiger partial charge in [-0.15, -0.1) is 0 Å². The van der Waals surface area contributed by atoms with Gasteiger partial charge in [0.15, 0.2) is 0 Å². The highest BCUT2D eigenvalue weighted by atomic mass is 19.1. The molecule has 0 heterocycles. The van der Waals surface area contributed by atoms with E-state index in [0.29, 0.717) is 0 Å². The van der Waals surface area contributed by atoms with Crippen molar-refractivity contribution in [3.8, 4) is 0 Å². The minimum absolute atomic E-state index is 0.0120. The first-order chi connectivity index (χ1) is 7.91. The number of carbonyl (C=O) groups is 2. The van der Waals surface area contributed by atoms with Gasteiger partial charge in [0.05, 0.1) is 0 Å². The zero-order chi connectivity index (χ0) is 14.6. The molecule has 0 aliphatic heterocycles. The standard InChI is InChI=1S/C12H22FNO4/c1-11(2,3)18-10(17)14-8(9(15)16)6-7-12(4,5)13/h8H,6-7H2,1-5H3,(H,14,17)(H,15,16)/t8-/m0/s1. The molecule has 0 radical (unpaired) electrons. The Kier molecular flexibility index (Phi) is 5.57. The van der Waals surface area contributed by atoms with Crippen molar-refractivity contribution in [2.75, 3.05) is 0 Å². The Morgan fingerprint density at radius 2 is 1.78 bits per heavy atom. The highest BCUT2D eigenvalue weighted by molar-refractivity contribution is 5.79. The molecule has 0 saturated carbocycles. The molecule has 0 bridgehead atoms. The zero-order valence-electron chi connectivity index (χ0n) is 11.5. The highest BCUT2D eigenvalue weighted by Gasteiger charge is 2.26. The van der Waals surface area contributed by atoms with Gasteiger partial charge in [0.25, 0.3) is 0 Å². The molecule has 1 amide bonds. The van der Waals surface area contributed by atoms with Gasteiger partial charge in [-0.2, -0.15) is 0 Å². The van der Waals surface area contributed by atoms with Gasteiger partial charge in [0, 0.05) is 0 Å². The first-order valence-electron chi connectivity index (χ1n) is 5.82. The third kappa shape index (κ3) is 8.78. The van der Waals surface area contributed by atoms with E-state index in [-0.39, 0.29) is 12.8 Å². The quantitative estimate of drug-likeness (QED) is 0.799. The second-order valence-corrected chi connectivity index (χ2v) is 5.79. The van der Waals surface area contributed by atoms with Gasteiger partial charge >= 0.3 is 12.1 Å². The number of nitrogens with one attached hydrogen (secondary N) is 1. The molecule has 1 atom stereocenters. The van der Waals surface area contributed by atoms with Crippen LogP contribution in [0.15, 0.2) is 0 Å². The predicted molar refractivity (Wildman–Crippen MR) is 65.2 cm³/mol. The molecule has 0 aliphatic rings. The molecule has 0 aromatic carbocycles. The Labute approximate surface area is 107 Å². The highest BCUT2D eigenvalue weighted by Crippen LogP contribution is 2.17. The lowest BCUT2D eigenvalue weighted by Crippen LogP contribution is -2.44. The number of rotatable bonds is 5. The minimum atomic E-state index is -1.47. The van der Waals surface area contributed by atoms with Crippen LogP contribution in [0.1, 0.15) is 47.5 Å². The van der Waals surface area contributed by atoms with E-state index in [1.807, 2.05) is 0 Å². The second-order valence-electron chi connectivity index (χ2n) is 5.79. The van der Waals surface area contributed by atoms with Crippen LogP contribution in [-0.2, 0) is 9.53 Å².